The molecule has 0 unspecified atom stereocenters. The fourth-order valence-electron chi connectivity index (χ4n) is 4.86. The van der Waals surface area contributed by atoms with Gasteiger partial charge in [-0.3, -0.25) is 10.1 Å². The maximum Gasteiger partial charge on any atom is 0.470 e. The Morgan fingerprint density at radius 2 is 1.80 bits per heavy atom. The number of likely N-dealkylation sites (tertiary alicyclic amines) is 1. The van der Waals surface area contributed by atoms with Gasteiger partial charge in [0.2, 0.25) is 11.8 Å². The smallest absolute Gasteiger partial charge is 0.436 e. The number of anilines is 2. The largest absolute Gasteiger partial charge is 0.470 e. The summed E-state index contributed by atoms with van der Waals surface area (Å²) in [6.45, 7) is 3.99. The predicted molar refractivity (Wildman–Crippen MR) is 173 cm³/mol. The highest BCUT2D eigenvalue weighted by Crippen LogP contribution is 2.26. The van der Waals surface area contributed by atoms with Crippen LogP contribution in [0.1, 0.15) is 24.8 Å². The zero-order valence-electron chi connectivity index (χ0n) is 25.6. The number of carbonyl (C=O) groups is 2. The molecule has 0 spiro atoms. The Bertz CT molecular complexity index is 1470. The van der Waals surface area contributed by atoms with Crippen molar-refractivity contribution >= 4 is 40.8 Å². The van der Waals surface area contributed by atoms with E-state index >= 15 is 0 Å². The number of aromatic nitrogens is 2. The molecule has 2 aromatic carbocycles. The number of hydrogen-bond donors (Lipinski definition) is 3. The van der Waals surface area contributed by atoms with E-state index < -0.39 is 17.5 Å². The average Bonchev–Trinajstić information content (AvgIpc) is 2.99. The van der Waals surface area contributed by atoms with Crippen LogP contribution < -0.4 is 25.6 Å². The second kappa shape index (κ2) is 16.3. The zero-order chi connectivity index (χ0) is 32.3. The molecule has 1 radical (unpaired) electrons. The molecule has 0 saturated carbocycles. The lowest BCUT2D eigenvalue weighted by atomic mass is 10.0. The van der Waals surface area contributed by atoms with Crippen LogP contribution in [0.5, 0.6) is 11.6 Å². The summed E-state index contributed by atoms with van der Waals surface area (Å²) in [6.07, 6.45) is 4.12. The second-order valence-electron chi connectivity index (χ2n) is 11.1. The van der Waals surface area contributed by atoms with Crippen LogP contribution in [0.2, 0.25) is 0 Å². The summed E-state index contributed by atoms with van der Waals surface area (Å²) in [5.74, 6) is -1.37. The van der Waals surface area contributed by atoms with Crippen molar-refractivity contribution in [3.63, 3.8) is 0 Å². The molecule has 14 heteroatoms. The van der Waals surface area contributed by atoms with E-state index in [9.17, 15) is 18.4 Å². The van der Waals surface area contributed by atoms with E-state index in [2.05, 4.69) is 49.8 Å². The van der Waals surface area contributed by atoms with Crippen LogP contribution in [-0.2, 0) is 11.2 Å². The summed E-state index contributed by atoms with van der Waals surface area (Å²) in [4.78, 5) is 39.6. The number of rotatable bonds is 11. The molecule has 45 heavy (non-hydrogen) atoms. The lowest BCUT2D eigenvalue weighted by Crippen LogP contribution is -2.50. The van der Waals surface area contributed by atoms with Gasteiger partial charge in [-0.1, -0.05) is 17.0 Å². The quantitative estimate of drug-likeness (QED) is 0.208. The predicted octanol–water partition coefficient (Wildman–Crippen LogP) is 4.32. The van der Waals surface area contributed by atoms with Crippen LogP contribution >= 0.6 is 12.2 Å². The maximum absolute atomic E-state index is 14.9. The normalized spacial score (nSPS) is 13.9. The van der Waals surface area contributed by atoms with Crippen molar-refractivity contribution in [2.45, 2.75) is 31.7 Å². The molecule has 0 aliphatic carbocycles. The Kier molecular flexibility index (Phi) is 12.2. The molecule has 0 atom stereocenters. The van der Waals surface area contributed by atoms with Crippen molar-refractivity contribution in [2.75, 3.05) is 58.0 Å². The number of nitrogens with zero attached hydrogens (tertiary/aromatic N) is 5. The third-order valence-corrected chi connectivity index (χ3v) is 7.52. The van der Waals surface area contributed by atoms with E-state index in [1.165, 1.54) is 48.8 Å². The van der Waals surface area contributed by atoms with Gasteiger partial charge in [0.15, 0.2) is 16.7 Å². The van der Waals surface area contributed by atoms with Gasteiger partial charge in [-0.05, 0) is 75.7 Å². The highest BCUT2D eigenvalue weighted by molar-refractivity contribution is 7.80. The van der Waals surface area contributed by atoms with Crippen LogP contribution in [0.15, 0.2) is 54.9 Å². The lowest BCUT2D eigenvalue weighted by Gasteiger charge is -2.31. The van der Waals surface area contributed by atoms with E-state index in [1.54, 1.807) is 11.9 Å². The van der Waals surface area contributed by atoms with Crippen LogP contribution in [-0.4, -0.2) is 90.2 Å². The Hall–Kier alpha value is -4.11. The van der Waals surface area contributed by atoms with Crippen LogP contribution in [0, 0.1) is 11.6 Å². The SMILES string of the molecule is CN(C)CCCN1CCC([N+](C)C(=O)Nc2cc(Oc3ccc(NC(=S)NC(=O)Cc4ccc(F)cc4)cc3F)ncn2)CC1. The first-order chi connectivity index (χ1) is 21.5. The van der Waals surface area contributed by atoms with Gasteiger partial charge in [0.1, 0.15) is 31.1 Å². The topological polar surface area (TPSA) is 118 Å². The molecule has 1 aliphatic rings. The minimum absolute atomic E-state index is 0.00225. The number of thiocarbonyl (C=S) groups is 1. The van der Waals surface area contributed by atoms with Crippen molar-refractivity contribution in [1.82, 2.24) is 30.0 Å². The summed E-state index contributed by atoms with van der Waals surface area (Å²) >= 11 is 5.15. The van der Waals surface area contributed by atoms with Gasteiger partial charge in [-0.25, -0.2) is 23.5 Å². The van der Waals surface area contributed by atoms with Gasteiger partial charge in [-0.15, -0.1) is 0 Å². The number of carbonyl (C=O) groups excluding carboxylic acids is 2. The number of hydrogen-bond acceptors (Lipinski definition) is 8. The Balaban J connectivity index is 1.25. The summed E-state index contributed by atoms with van der Waals surface area (Å²) in [5.41, 5.74) is 0.899. The van der Waals surface area contributed by atoms with Gasteiger partial charge in [0, 0.05) is 43.8 Å². The average molecular weight is 641 g/mol. The maximum atomic E-state index is 14.9. The molecule has 3 amide bonds. The summed E-state index contributed by atoms with van der Waals surface area (Å²) in [6, 6.07) is 10.8. The van der Waals surface area contributed by atoms with Gasteiger partial charge in [0.25, 0.3) is 0 Å². The van der Waals surface area contributed by atoms with Crippen LogP contribution in [0.3, 0.4) is 0 Å². The molecule has 239 valence electrons. The molecule has 1 saturated heterocycles. The van der Waals surface area contributed by atoms with E-state index in [-0.39, 0.29) is 46.7 Å². The molecule has 1 aliphatic heterocycles. The van der Waals surface area contributed by atoms with E-state index in [0.717, 1.165) is 51.5 Å². The first-order valence-corrected chi connectivity index (χ1v) is 15.0. The monoisotopic (exact) mass is 640 g/mol. The number of nitrogens with one attached hydrogen (secondary N) is 3. The highest BCUT2D eigenvalue weighted by atomic mass is 32.1. The fraction of sp³-hybridized carbons (Fsp3) is 0.387. The van der Waals surface area contributed by atoms with Crippen molar-refractivity contribution in [1.29, 1.82) is 0 Å². The number of ether oxygens (including phenoxy) is 1. The zero-order valence-corrected chi connectivity index (χ0v) is 26.4. The number of halogens is 2. The molecule has 1 aromatic heterocycles. The molecular weight excluding hydrogens is 602 g/mol. The molecular formula is C31H38F2N8O3S+. The third kappa shape index (κ3) is 10.8. The summed E-state index contributed by atoms with van der Waals surface area (Å²) in [5, 5.41) is 7.99. The highest BCUT2D eigenvalue weighted by Gasteiger charge is 2.34. The number of amides is 3. The van der Waals surface area contributed by atoms with Gasteiger partial charge < -0.3 is 25.2 Å². The fourth-order valence-corrected chi connectivity index (χ4v) is 5.09. The third-order valence-electron chi connectivity index (χ3n) is 7.32. The minimum atomic E-state index is -0.711. The Morgan fingerprint density at radius 1 is 1.07 bits per heavy atom. The standard InChI is InChI=1S/C31H38F2N8O3S/c1-39(2)13-4-14-41-15-11-24(12-16-41)40(3)31(43)37-27-19-29(35-20-34-27)44-26-10-9-23(18-25(26)33)36-30(45)38-28(42)17-21-5-7-22(32)8-6-21/h5-10,18-20,24H,4,11-17H2,1-3H3,(H,34,35,37,43)(H2,36,38,42,45)/q+1. The first-order valence-electron chi connectivity index (χ1n) is 14.6. The second-order valence-corrected chi connectivity index (χ2v) is 11.5. The van der Waals surface area contributed by atoms with Crippen molar-refractivity contribution in [2.24, 2.45) is 0 Å². The molecule has 0 bridgehead atoms. The number of piperidine rings is 1. The summed E-state index contributed by atoms with van der Waals surface area (Å²) < 4.78 is 33.5. The minimum Gasteiger partial charge on any atom is -0.436 e. The Morgan fingerprint density at radius 3 is 2.49 bits per heavy atom. The molecule has 1 fully saturated rings. The number of benzene rings is 2. The van der Waals surface area contributed by atoms with Crippen molar-refractivity contribution in [3.05, 3.63) is 72.1 Å². The Labute approximate surface area is 267 Å². The number of urea groups is 1. The van der Waals surface area contributed by atoms with Crippen LogP contribution in [0.4, 0.5) is 25.1 Å². The molecule has 3 N–H and O–H groups in total. The van der Waals surface area contributed by atoms with Gasteiger partial charge in [0.05, 0.1) is 6.42 Å². The first kappa shape index (κ1) is 33.8. The summed E-state index contributed by atoms with van der Waals surface area (Å²) in [7, 11) is 5.92. The van der Waals surface area contributed by atoms with E-state index in [1.807, 2.05) is 0 Å². The lowest BCUT2D eigenvalue weighted by molar-refractivity contribution is -0.119. The molecule has 4 rings (SSSR count). The molecule has 3 aromatic rings. The van der Waals surface area contributed by atoms with Gasteiger partial charge >= 0.3 is 6.03 Å². The van der Waals surface area contributed by atoms with Crippen molar-refractivity contribution < 1.29 is 23.1 Å². The van der Waals surface area contributed by atoms with Crippen LogP contribution in [0.25, 0.3) is 0 Å². The van der Waals surface area contributed by atoms with Crippen molar-refractivity contribution in [3.8, 4) is 11.6 Å². The molecule has 2 heterocycles. The van der Waals surface area contributed by atoms with Gasteiger partial charge in [-0.2, -0.15) is 0 Å². The molecule has 11 nitrogen and oxygen atoms in total. The van der Waals surface area contributed by atoms with E-state index in [0.29, 0.717) is 5.56 Å². The van der Waals surface area contributed by atoms with E-state index in [4.69, 9.17) is 17.0 Å².